The predicted molar refractivity (Wildman–Crippen MR) is 82.0 cm³/mol. The quantitative estimate of drug-likeness (QED) is 0.637. The second-order valence-electron chi connectivity index (χ2n) is 4.54. The minimum atomic E-state index is -0.991. The number of anilines is 1. The van der Waals surface area contributed by atoms with Crippen molar-refractivity contribution in [1.82, 2.24) is 0 Å². The number of benzene rings is 1. The molecule has 0 aromatic heterocycles. The highest BCUT2D eigenvalue weighted by molar-refractivity contribution is 7.99. The fourth-order valence-corrected chi connectivity index (χ4v) is 2.47. The average Bonchev–Trinajstić information content (AvgIpc) is 2.37. The molecule has 0 saturated carbocycles. The smallest absolute Gasteiger partial charge is 0.321 e. The van der Waals surface area contributed by atoms with Gasteiger partial charge in [-0.15, -0.1) is 0 Å². The Bertz CT molecular complexity index is 465. The van der Waals surface area contributed by atoms with Gasteiger partial charge in [-0.1, -0.05) is 12.1 Å². The summed E-state index contributed by atoms with van der Waals surface area (Å²) >= 11 is 1.45. The SMILES string of the molecule is Cc1cccc(NC(=O)CCCSC[C@@H](N)C(=O)O)c1. The average molecular weight is 296 g/mol. The molecule has 6 heteroatoms. The van der Waals surface area contributed by atoms with Gasteiger partial charge in [-0.3, -0.25) is 9.59 Å². The summed E-state index contributed by atoms with van der Waals surface area (Å²) in [7, 11) is 0. The number of rotatable bonds is 8. The fourth-order valence-electron chi connectivity index (χ4n) is 1.56. The minimum absolute atomic E-state index is 0.0290. The van der Waals surface area contributed by atoms with Gasteiger partial charge < -0.3 is 16.2 Å². The summed E-state index contributed by atoms with van der Waals surface area (Å²) in [6.07, 6.45) is 1.12. The van der Waals surface area contributed by atoms with Crippen LogP contribution >= 0.6 is 11.8 Å². The Balaban J connectivity index is 2.16. The summed E-state index contributed by atoms with van der Waals surface area (Å²) in [5, 5.41) is 11.4. The number of aliphatic carboxylic acids is 1. The number of thioether (sulfide) groups is 1. The van der Waals surface area contributed by atoms with Gasteiger partial charge in [0, 0.05) is 17.9 Å². The molecule has 0 heterocycles. The lowest BCUT2D eigenvalue weighted by molar-refractivity contribution is -0.137. The van der Waals surface area contributed by atoms with Crippen LogP contribution in [0.15, 0.2) is 24.3 Å². The monoisotopic (exact) mass is 296 g/mol. The summed E-state index contributed by atoms with van der Waals surface area (Å²) in [6, 6.07) is 6.80. The normalized spacial score (nSPS) is 11.9. The van der Waals surface area contributed by atoms with Gasteiger partial charge in [-0.25, -0.2) is 0 Å². The summed E-state index contributed by atoms with van der Waals surface area (Å²) in [5.41, 5.74) is 7.27. The van der Waals surface area contributed by atoms with E-state index < -0.39 is 12.0 Å². The van der Waals surface area contributed by atoms with Gasteiger partial charge in [0.2, 0.25) is 5.91 Å². The van der Waals surface area contributed by atoms with Crippen LogP contribution in [0.5, 0.6) is 0 Å². The number of carbonyl (C=O) groups excluding carboxylic acids is 1. The highest BCUT2D eigenvalue weighted by Crippen LogP contribution is 2.11. The molecule has 0 fully saturated rings. The van der Waals surface area contributed by atoms with Crippen molar-refractivity contribution in [1.29, 1.82) is 0 Å². The Labute approximate surface area is 122 Å². The number of carboxylic acid groups (broad SMARTS) is 1. The number of carbonyl (C=O) groups is 2. The Kier molecular flexibility index (Phi) is 7.11. The Hall–Kier alpha value is -1.53. The van der Waals surface area contributed by atoms with Crippen molar-refractivity contribution >= 4 is 29.3 Å². The molecule has 0 aliphatic heterocycles. The zero-order valence-electron chi connectivity index (χ0n) is 11.5. The Morgan fingerprint density at radius 3 is 2.85 bits per heavy atom. The van der Waals surface area contributed by atoms with Gasteiger partial charge in [0.25, 0.3) is 0 Å². The van der Waals surface area contributed by atoms with Crippen molar-refractivity contribution in [3.8, 4) is 0 Å². The van der Waals surface area contributed by atoms with Crippen LogP contribution in [0.3, 0.4) is 0 Å². The highest BCUT2D eigenvalue weighted by atomic mass is 32.2. The van der Waals surface area contributed by atoms with Crippen LogP contribution in [0.2, 0.25) is 0 Å². The van der Waals surface area contributed by atoms with Crippen LogP contribution < -0.4 is 11.1 Å². The van der Waals surface area contributed by atoms with Gasteiger partial charge in [0.15, 0.2) is 0 Å². The van der Waals surface area contributed by atoms with Crippen LogP contribution in [-0.2, 0) is 9.59 Å². The van der Waals surface area contributed by atoms with E-state index in [1.54, 1.807) is 0 Å². The third-order valence-corrected chi connectivity index (χ3v) is 3.78. The van der Waals surface area contributed by atoms with E-state index in [2.05, 4.69) is 5.32 Å². The Morgan fingerprint density at radius 2 is 2.20 bits per heavy atom. The molecule has 1 amide bonds. The molecular weight excluding hydrogens is 276 g/mol. The lowest BCUT2D eigenvalue weighted by Crippen LogP contribution is -2.32. The van der Waals surface area contributed by atoms with E-state index in [1.807, 2.05) is 31.2 Å². The first-order valence-electron chi connectivity index (χ1n) is 6.41. The number of carboxylic acids is 1. The highest BCUT2D eigenvalue weighted by Gasteiger charge is 2.10. The second kappa shape index (κ2) is 8.60. The second-order valence-corrected chi connectivity index (χ2v) is 5.69. The number of amides is 1. The van der Waals surface area contributed by atoms with E-state index in [4.69, 9.17) is 10.8 Å². The first-order valence-corrected chi connectivity index (χ1v) is 7.57. The van der Waals surface area contributed by atoms with E-state index >= 15 is 0 Å². The van der Waals surface area contributed by atoms with E-state index in [0.717, 1.165) is 17.0 Å². The maximum atomic E-state index is 11.7. The molecule has 0 bridgehead atoms. The van der Waals surface area contributed by atoms with E-state index in [-0.39, 0.29) is 5.91 Å². The molecule has 110 valence electrons. The number of nitrogens with two attached hydrogens (primary N) is 1. The molecule has 1 atom stereocenters. The van der Waals surface area contributed by atoms with Crippen molar-refractivity contribution < 1.29 is 14.7 Å². The van der Waals surface area contributed by atoms with Gasteiger partial charge in [0.05, 0.1) is 0 Å². The predicted octanol–water partition coefficient (Wildman–Crippen LogP) is 1.86. The van der Waals surface area contributed by atoms with Gasteiger partial charge in [0.1, 0.15) is 6.04 Å². The molecule has 0 unspecified atom stereocenters. The third kappa shape index (κ3) is 6.58. The van der Waals surface area contributed by atoms with E-state index in [0.29, 0.717) is 18.6 Å². The first kappa shape index (κ1) is 16.5. The number of hydrogen-bond donors (Lipinski definition) is 3. The molecule has 0 aliphatic rings. The topological polar surface area (TPSA) is 92.4 Å². The fraction of sp³-hybridized carbons (Fsp3) is 0.429. The molecule has 1 rings (SSSR count). The summed E-state index contributed by atoms with van der Waals surface area (Å²) in [4.78, 5) is 22.2. The maximum Gasteiger partial charge on any atom is 0.321 e. The standard InChI is InChI=1S/C14H20N2O3S/c1-10-4-2-5-11(8-10)16-13(17)6-3-7-20-9-12(15)14(18)19/h2,4-5,8,12H,3,6-7,9,15H2,1H3,(H,16,17)(H,18,19)/t12-/m1/s1. The van der Waals surface area contributed by atoms with Gasteiger partial charge in [-0.05, 0) is 36.8 Å². The summed E-state index contributed by atoms with van der Waals surface area (Å²) < 4.78 is 0. The molecule has 20 heavy (non-hydrogen) atoms. The lowest BCUT2D eigenvalue weighted by Gasteiger charge is -2.07. The molecule has 1 aromatic carbocycles. The van der Waals surface area contributed by atoms with Crippen molar-refractivity contribution in [2.24, 2.45) is 5.73 Å². The minimum Gasteiger partial charge on any atom is -0.480 e. The number of nitrogens with one attached hydrogen (secondary N) is 1. The summed E-state index contributed by atoms with van der Waals surface area (Å²) in [5.74, 6) is 0.0743. The van der Waals surface area contributed by atoms with Gasteiger partial charge in [-0.2, -0.15) is 11.8 Å². The zero-order chi connectivity index (χ0) is 15.0. The Morgan fingerprint density at radius 1 is 1.45 bits per heavy atom. The number of hydrogen-bond acceptors (Lipinski definition) is 4. The van der Waals surface area contributed by atoms with Crippen molar-refractivity contribution in [2.75, 3.05) is 16.8 Å². The molecule has 0 spiro atoms. The molecule has 0 radical (unpaired) electrons. The first-order chi connectivity index (χ1) is 9.49. The van der Waals surface area contributed by atoms with Crippen molar-refractivity contribution in [3.05, 3.63) is 29.8 Å². The van der Waals surface area contributed by atoms with Crippen molar-refractivity contribution in [3.63, 3.8) is 0 Å². The molecule has 4 N–H and O–H groups in total. The molecular formula is C14H20N2O3S. The molecule has 0 saturated heterocycles. The lowest BCUT2D eigenvalue weighted by atomic mass is 10.2. The van der Waals surface area contributed by atoms with Crippen LogP contribution in [0, 0.1) is 6.92 Å². The van der Waals surface area contributed by atoms with E-state index in [9.17, 15) is 9.59 Å². The zero-order valence-corrected chi connectivity index (χ0v) is 12.3. The van der Waals surface area contributed by atoms with Crippen LogP contribution in [0.4, 0.5) is 5.69 Å². The van der Waals surface area contributed by atoms with Gasteiger partial charge >= 0.3 is 5.97 Å². The molecule has 1 aromatic rings. The largest absolute Gasteiger partial charge is 0.480 e. The third-order valence-electron chi connectivity index (χ3n) is 2.61. The van der Waals surface area contributed by atoms with Crippen LogP contribution in [-0.4, -0.2) is 34.5 Å². The van der Waals surface area contributed by atoms with E-state index in [1.165, 1.54) is 11.8 Å². The molecule has 5 nitrogen and oxygen atoms in total. The number of aryl methyl sites for hydroxylation is 1. The van der Waals surface area contributed by atoms with Crippen LogP contribution in [0.1, 0.15) is 18.4 Å². The molecule has 0 aliphatic carbocycles. The van der Waals surface area contributed by atoms with Crippen LogP contribution in [0.25, 0.3) is 0 Å². The van der Waals surface area contributed by atoms with Crippen molar-refractivity contribution in [2.45, 2.75) is 25.8 Å². The maximum absolute atomic E-state index is 11.7. The summed E-state index contributed by atoms with van der Waals surface area (Å²) in [6.45, 7) is 1.97.